The molecule has 4 heteroatoms. The van der Waals surface area contributed by atoms with Crippen LogP contribution in [0.15, 0.2) is 60.7 Å². The number of hydrogen-bond donors (Lipinski definition) is 3. The number of amides is 2. The van der Waals surface area contributed by atoms with E-state index in [1.165, 1.54) is 5.56 Å². The first-order valence-electron chi connectivity index (χ1n) is 8.05. The molecular weight excluding hydrogens is 286 g/mol. The first-order valence-corrected chi connectivity index (χ1v) is 8.05. The Morgan fingerprint density at radius 2 is 1.61 bits per heavy atom. The van der Waals surface area contributed by atoms with Crippen molar-refractivity contribution in [3.8, 4) is 0 Å². The van der Waals surface area contributed by atoms with Gasteiger partial charge in [-0.05, 0) is 37.4 Å². The van der Waals surface area contributed by atoms with Crippen molar-refractivity contribution >= 4 is 6.03 Å². The number of rotatable bonds is 7. The van der Waals surface area contributed by atoms with E-state index in [-0.39, 0.29) is 18.1 Å². The minimum atomic E-state index is -0.157. The van der Waals surface area contributed by atoms with Crippen molar-refractivity contribution in [1.82, 2.24) is 10.6 Å². The molecule has 0 radical (unpaired) electrons. The van der Waals surface area contributed by atoms with Crippen molar-refractivity contribution in [2.24, 2.45) is 5.73 Å². The predicted octanol–water partition coefficient (Wildman–Crippen LogP) is 3.01. The van der Waals surface area contributed by atoms with E-state index in [2.05, 4.69) is 22.8 Å². The first-order chi connectivity index (χ1) is 11.2. The zero-order valence-electron chi connectivity index (χ0n) is 13.5. The molecular formula is C19H25N3O. The molecule has 4 N–H and O–H groups in total. The summed E-state index contributed by atoms with van der Waals surface area (Å²) in [7, 11) is 0. The van der Waals surface area contributed by atoms with Crippen molar-refractivity contribution in [1.29, 1.82) is 0 Å². The van der Waals surface area contributed by atoms with E-state index in [9.17, 15) is 4.79 Å². The van der Waals surface area contributed by atoms with Gasteiger partial charge in [0.05, 0.1) is 6.04 Å². The summed E-state index contributed by atoms with van der Waals surface area (Å²) in [5.74, 6) is 0. The van der Waals surface area contributed by atoms with Gasteiger partial charge in [0, 0.05) is 6.04 Å². The zero-order chi connectivity index (χ0) is 16.5. The van der Waals surface area contributed by atoms with E-state index >= 15 is 0 Å². The Hall–Kier alpha value is -2.33. The van der Waals surface area contributed by atoms with Crippen LogP contribution in [0.1, 0.15) is 30.5 Å². The van der Waals surface area contributed by atoms with Crippen LogP contribution in [0.5, 0.6) is 0 Å². The molecule has 0 saturated heterocycles. The standard InChI is InChI=1S/C19H25N3O/c1-15(12-13-20)21-19(23)22-18(17-10-6-3-7-11-17)14-16-8-4-2-5-9-16/h2-11,15,18H,12-14,20H2,1H3,(H2,21,22,23). The van der Waals surface area contributed by atoms with Crippen LogP contribution in [0.3, 0.4) is 0 Å². The van der Waals surface area contributed by atoms with Gasteiger partial charge in [0.1, 0.15) is 0 Å². The normalized spacial score (nSPS) is 13.1. The molecule has 0 fully saturated rings. The summed E-state index contributed by atoms with van der Waals surface area (Å²) in [6, 6.07) is 20.1. The van der Waals surface area contributed by atoms with Crippen molar-refractivity contribution < 1.29 is 4.79 Å². The summed E-state index contributed by atoms with van der Waals surface area (Å²) >= 11 is 0. The van der Waals surface area contributed by atoms with Gasteiger partial charge in [0.25, 0.3) is 0 Å². The topological polar surface area (TPSA) is 67.1 Å². The molecule has 0 spiro atoms. The Bertz CT molecular complexity index is 586. The monoisotopic (exact) mass is 311 g/mol. The molecule has 0 bridgehead atoms. The molecule has 0 aliphatic rings. The van der Waals surface area contributed by atoms with Gasteiger partial charge in [-0.3, -0.25) is 0 Å². The Kier molecular flexibility index (Phi) is 6.63. The molecule has 0 saturated carbocycles. The molecule has 0 aromatic heterocycles. The number of nitrogens with one attached hydrogen (secondary N) is 2. The van der Waals surface area contributed by atoms with E-state index in [1.54, 1.807) is 0 Å². The van der Waals surface area contributed by atoms with Crippen LogP contribution in [0.4, 0.5) is 4.79 Å². The first kappa shape index (κ1) is 17.0. The minimum Gasteiger partial charge on any atom is -0.336 e. The van der Waals surface area contributed by atoms with E-state index in [0.29, 0.717) is 6.54 Å². The SMILES string of the molecule is CC(CCN)NC(=O)NC(Cc1ccccc1)c1ccccc1. The molecule has 2 rings (SSSR count). The van der Waals surface area contributed by atoms with Crippen molar-refractivity contribution in [2.45, 2.75) is 31.8 Å². The third kappa shape index (κ3) is 5.75. The van der Waals surface area contributed by atoms with Crippen LogP contribution < -0.4 is 16.4 Å². The van der Waals surface area contributed by atoms with Gasteiger partial charge in [-0.1, -0.05) is 60.7 Å². The average Bonchev–Trinajstić information content (AvgIpc) is 2.56. The summed E-state index contributed by atoms with van der Waals surface area (Å²) in [4.78, 5) is 12.2. The third-order valence-electron chi connectivity index (χ3n) is 3.77. The van der Waals surface area contributed by atoms with Crippen LogP contribution in [0.2, 0.25) is 0 Å². The van der Waals surface area contributed by atoms with Crippen molar-refractivity contribution in [3.05, 3.63) is 71.8 Å². The molecule has 4 nitrogen and oxygen atoms in total. The van der Waals surface area contributed by atoms with Crippen LogP contribution in [0, 0.1) is 0 Å². The Labute approximate surface area is 138 Å². The highest BCUT2D eigenvalue weighted by Gasteiger charge is 2.16. The average molecular weight is 311 g/mol. The fourth-order valence-corrected chi connectivity index (χ4v) is 2.53. The van der Waals surface area contributed by atoms with Gasteiger partial charge in [-0.15, -0.1) is 0 Å². The lowest BCUT2D eigenvalue weighted by Gasteiger charge is -2.21. The predicted molar refractivity (Wildman–Crippen MR) is 94.1 cm³/mol. The molecule has 0 heterocycles. The molecule has 2 aromatic rings. The second kappa shape index (κ2) is 8.96. The maximum Gasteiger partial charge on any atom is 0.315 e. The van der Waals surface area contributed by atoms with Crippen LogP contribution in [0.25, 0.3) is 0 Å². The van der Waals surface area contributed by atoms with E-state index in [0.717, 1.165) is 18.4 Å². The summed E-state index contributed by atoms with van der Waals surface area (Å²) < 4.78 is 0. The highest BCUT2D eigenvalue weighted by atomic mass is 16.2. The minimum absolute atomic E-state index is 0.0631. The van der Waals surface area contributed by atoms with Gasteiger partial charge in [0.2, 0.25) is 0 Å². The van der Waals surface area contributed by atoms with Crippen molar-refractivity contribution in [3.63, 3.8) is 0 Å². The third-order valence-corrected chi connectivity index (χ3v) is 3.77. The van der Waals surface area contributed by atoms with E-state index < -0.39 is 0 Å². The van der Waals surface area contributed by atoms with E-state index in [1.807, 2.05) is 55.5 Å². The molecule has 23 heavy (non-hydrogen) atoms. The lowest BCUT2D eigenvalue weighted by Crippen LogP contribution is -2.43. The molecule has 2 amide bonds. The van der Waals surface area contributed by atoms with Crippen LogP contribution >= 0.6 is 0 Å². The second-order valence-electron chi connectivity index (χ2n) is 5.75. The number of nitrogens with two attached hydrogens (primary N) is 1. The smallest absolute Gasteiger partial charge is 0.315 e. The number of urea groups is 1. The van der Waals surface area contributed by atoms with Gasteiger partial charge in [-0.25, -0.2) is 4.79 Å². The lowest BCUT2D eigenvalue weighted by molar-refractivity contribution is 0.233. The zero-order valence-corrected chi connectivity index (χ0v) is 13.5. The maximum atomic E-state index is 12.2. The molecule has 2 unspecified atom stereocenters. The maximum absolute atomic E-state index is 12.2. The number of hydrogen-bond acceptors (Lipinski definition) is 2. The largest absolute Gasteiger partial charge is 0.336 e. The highest BCUT2D eigenvalue weighted by Crippen LogP contribution is 2.18. The van der Waals surface area contributed by atoms with Crippen LogP contribution in [-0.4, -0.2) is 18.6 Å². The lowest BCUT2D eigenvalue weighted by atomic mass is 9.99. The van der Waals surface area contributed by atoms with Gasteiger partial charge in [-0.2, -0.15) is 0 Å². The summed E-state index contributed by atoms with van der Waals surface area (Å²) in [5, 5.41) is 6.02. The Morgan fingerprint density at radius 3 is 2.22 bits per heavy atom. The Morgan fingerprint density at radius 1 is 1.00 bits per heavy atom. The molecule has 0 aliphatic carbocycles. The van der Waals surface area contributed by atoms with Crippen LogP contribution in [-0.2, 0) is 6.42 Å². The second-order valence-corrected chi connectivity index (χ2v) is 5.75. The quantitative estimate of drug-likeness (QED) is 0.736. The fourth-order valence-electron chi connectivity index (χ4n) is 2.53. The fraction of sp³-hybridized carbons (Fsp3) is 0.316. The van der Waals surface area contributed by atoms with Gasteiger partial charge < -0.3 is 16.4 Å². The summed E-state index contributed by atoms with van der Waals surface area (Å²) in [6.45, 7) is 2.52. The van der Waals surface area contributed by atoms with Gasteiger partial charge >= 0.3 is 6.03 Å². The molecule has 122 valence electrons. The molecule has 2 aromatic carbocycles. The number of benzene rings is 2. The van der Waals surface area contributed by atoms with Gasteiger partial charge in [0.15, 0.2) is 0 Å². The highest BCUT2D eigenvalue weighted by molar-refractivity contribution is 5.74. The van der Waals surface area contributed by atoms with E-state index in [4.69, 9.17) is 5.73 Å². The Balaban J connectivity index is 2.06. The number of carbonyl (C=O) groups excluding carboxylic acids is 1. The summed E-state index contributed by atoms with van der Waals surface area (Å²) in [6.07, 6.45) is 1.52. The molecule has 0 aliphatic heterocycles. The number of carbonyl (C=O) groups is 1. The summed E-state index contributed by atoms with van der Waals surface area (Å²) in [5.41, 5.74) is 7.81. The molecule has 2 atom stereocenters. The van der Waals surface area contributed by atoms with Crippen molar-refractivity contribution in [2.75, 3.05) is 6.54 Å².